The van der Waals surface area contributed by atoms with Crippen LogP contribution in [0.1, 0.15) is 49.2 Å². The van der Waals surface area contributed by atoms with Gasteiger partial charge in [0, 0.05) is 22.7 Å². The van der Waals surface area contributed by atoms with Crippen LogP contribution in [-0.2, 0) is 13.1 Å². The van der Waals surface area contributed by atoms with E-state index in [1.54, 1.807) is 12.1 Å². The Hall–Kier alpha value is -2.83. The van der Waals surface area contributed by atoms with Crippen LogP contribution in [0.4, 0.5) is 0 Å². The third-order valence-corrected chi connectivity index (χ3v) is 4.66. The van der Waals surface area contributed by atoms with E-state index in [4.69, 9.17) is 16.3 Å². The zero-order valence-electron chi connectivity index (χ0n) is 19.2. The topological polar surface area (TPSA) is 74.8 Å². The number of halogens is 1. The maximum Gasteiger partial charge on any atom is 0.256 e. The SMILES string of the molecule is C/C=C/C(=N\NCc1cc(Cl)ccc1OCC(C)C)NC(=O)c1ccc(CNCC)cc1. The van der Waals surface area contributed by atoms with E-state index in [0.717, 1.165) is 30.0 Å². The molecule has 0 aromatic heterocycles. The summed E-state index contributed by atoms with van der Waals surface area (Å²) in [6.45, 7) is 10.8. The van der Waals surface area contributed by atoms with Crippen LogP contribution in [-0.4, -0.2) is 24.9 Å². The van der Waals surface area contributed by atoms with Gasteiger partial charge in [0.05, 0.1) is 13.2 Å². The third kappa shape index (κ3) is 8.73. The normalized spacial score (nSPS) is 11.8. The van der Waals surface area contributed by atoms with E-state index >= 15 is 0 Å². The highest BCUT2D eigenvalue weighted by molar-refractivity contribution is 6.30. The molecule has 0 aliphatic heterocycles. The van der Waals surface area contributed by atoms with Crippen LogP contribution in [0, 0.1) is 5.92 Å². The second-order valence-corrected chi connectivity index (χ2v) is 8.16. The summed E-state index contributed by atoms with van der Waals surface area (Å²) < 4.78 is 5.88. The maximum absolute atomic E-state index is 12.6. The maximum atomic E-state index is 12.6. The number of amides is 1. The van der Waals surface area contributed by atoms with Crippen molar-refractivity contribution in [1.82, 2.24) is 16.1 Å². The molecule has 2 aromatic carbocycles. The summed E-state index contributed by atoms with van der Waals surface area (Å²) >= 11 is 6.16. The first-order valence-electron chi connectivity index (χ1n) is 10.9. The van der Waals surface area contributed by atoms with E-state index in [2.05, 4.69) is 41.9 Å². The Morgan fingerprint density at radius 1 is 1.16 bits per heavy atom. The Morgan fingerprint density at radius 2 is 1.91 bits per heavy atom. The molecular formula is C25H33ClN4O2. The number of nitrogens with zero attached hydrogens (tertiary/aromatic N) is 1. The van der Waals surface area contributed by atoms with Gasteiger partial charge in [0.1, 0.15) is 5.75 Å². The number of carbonyl (C=O) groups is 1. The number of hydrazone groups is 1. The minimum atomic E-state index is -0.220. The number of rotatable bonds is 11. The molecule has 172 valence electrons. The lowest BCUT2D eigenvalue weighted by molar-refractivity contribution is 0.0977. The zero-order chi connectivity index (χ0) is 23.3. The van der Waals surface area contributed by atoms with Crippen LogP contribution in [0.5, 0.6) is 5.75 Å². The molecule has 0 atom stereocenters. The number of benzene rings is 2. The first-order chi connectivity index (χ1) is 15.4. The lowest BCUT2D eigenvalue weighted by atomic mass is 10.1. The fourth-order valence-electron chi connectivity index (χ4n) is 2.79. The summed E-state index contributed by atoms with van der Waals surface area (Å²) in [5.41, 5.74) is 5.60. The van der Waals surface area contributed by atoms with E-state index in [0.29, 0.717) is 35.5 Å². The summed E-state index contributed by atoms with van der Waals surface area (Å²) in [7, 11) is 0. The number of ether oxygens (including phenoxy) is 1. The smallest absolute Gasteiger partial charge is 0.256 e. The second-order valence-electron chi connectivity index (χ2n) is 7.72. The molecular weight excluding hydrogens is 424 g/mol. The van der Waals surface area contributed by atoms with Gasteiger partial charge in [0.15, 0.2) is 5.84 Å². The van der Waals surface area contributed by atoms with Crippen LogP contribution in [0.3, 0.4) is 0 Å². The standard InChI is InChI=1S/C25H33ClN4O2/c1-5-7-24(29-25(31)20-10-8-19(9-11-20)15-27-6-2)30-28-16-21-14-22(26)12-13-23(21)32-17-18(3)4/h5,7-14,18,27-28H,6,15-17H2,1-4H3,(H,29,30,31)/b7-5+. The summed E-state index contributed by atoms with van der Waals surface area (Å²) in [4.78, 5) is 12.6. The fraction of sp³-hybridized carbons (Fsp3) is 0.360. The number of hydrogen-bond donors (Lipinski definition) is 3. The number of amidine groups is 1. The predicted molar refractivity (Wildman–Crippen MR) is 132 cm³/mol. The first kappa shape index (κ1) is 25.4. The molecule has 0 spiro atoms. The van der Waals surface area contributed by atoms with E-state index in [-0.39, 0.29) is 5.91 Å². The molecule has 0 bridgehead atoms. The first-order valence-corrected chi connectivity index (χ1v) is 11.3. The van der Waals surface area contributed by atoms with Gasteiger partial charge in [-0.15, -0.1) is 0 Å². The summed E-state index contributed by atoms with van der Waals surface area (Å²) in [6.07, 6.45) is 3.55. The van der Waals surface area contributed by atoms with Gasteiger partial charge in [0.2, 0.25) is 0 Å². The van der Waals surface area contributed by atoms with Gasteiger partial charge in [-0.1, -0.05) is 50.6 Å². The van der Waals surface area contributed by atoms with Crippen LogP contribution < -0.4 is 20.8 Å². The molecule has 0 heterocycles. The molecule has 2 rings (SSSR count). The molecule has 0 saturated heterocycles. The summed E-state index contributed by atoms with van der Waals surface area (Å²) in [5.74, 6) is 1.38. The minimum absolute atomic E-state index is 0.220. The van der Waals surface area contributed by atoms with Crippen molar-refractivity contribution in [2.75, 3.05) is 13.2 Å². The molecule has 0 unspecified atom stereocenters. The third-order valence-electron chi connectivity index (χ3n) is 4.43. The van der Waals surface area contributed by atoms with Gasteiger partial charge < -0.3 is 20.8 Å². The highest BCUT2D eigenvalue weighted by Gasteiger charge is 2.09. The average Bonchev–Trinajstić information content (AvgIpc) is 2.77. The largest absolute Gasteiger partial charge is 0.493 e. The quantitative estimate of drug-likeness (QED) is 0.255. The van der Waals surface area contributed by atoms with E-state index in [1.807, 2.05) is 49.4 Å². The minimum Gasteiger partial charge on any atom is -0.493 e. The zero-order valence-corrected chi connectivity index (χ0v) is 20.0. The Balaban J connectivity index is 2.03. The van der Waals surface area contributed by atoms with Crippen molar-refractivity contribution in [2.24, 2.45) is 11.0 Å². The molecule has 0 aliphatic rings. The molecule has 2 aromatic rings. The average molecular weight is 457 g/mol. The molecule has 0 radical (unpaired) electrons. The Labute approximate surface area is 196 Å². The van der Waals surface area contributed by atoms with Crippen LogP contribution in [0.2, 0.25) is 5.02 Å². The number of allylic oxidation sites excluding steroid dienone is 1. The highest BCUT2D eigenvalue weighted by Crippen LogP contribution is 2.23. The van der Waals surface area contributed by atoms with Crippen molar-refractivity contribution in [3.63, 3.8) is 0 Å². The van der Waals surface area contributed by atoms with Gasteiger partial charge in [-0.2, -0.15) is 5.10 Å². The van der Waals surface area contributed by atoms with Gasteiger partial charge in [0.25, 0.3) is 5.91 Å². The number of hydrogen-bond acceptors (Lipinski definition) is 5. The number of carbonyl (C=O) groups excluding carboxylic acids is 1. The van der Waals surface area contributed by atoms with Gasteiger partial charge in [-0.3, -0.25) is 4.79 Å². The van der Waals surface area contributed by atoms with Crippen molar-refractivity contribution in [3.05, 3.63) is 76.3 Å². The van der Waals surface area contributed by atoms with E-state index < -0.39 is 0 Å². The van der Waals surface area contributed by atoms with Crippen molar-refractivity contribution < 1.29 is 9.53 Å². The Bertz CT molecular complexity index is 924. The van der Waals surface area contributed by atoms with Crippen molar-refractivity contribution in [3.8, 4) is 5.75 Å². The Kier molecular flexibility index (Phi) is 10.8. The van der Waals surface area contributed by atoms with Crippen LogP contribution in [0.25, 0.3) is 0 Å². The lowest BCUT2D eigenvalue weighted by Crippen LogP contribution is -2.31. The predicted octanol–water partition coefficient (Wildman–Crippen LogP) is 4.89. The molecule has 6 nitrogen and oxygen atoms in total. The van der Waals surface area contributed by atoms with Crippen molar-refractivity contribution >= 4 is 23.3 Å². The van der Waals surface area contributed by atoms with Crippen molar-refractivity contribution in [1.29, 1.82) is 0 Å². The molecule has 0 fully saturated rings. The number of nitrogens with one attached hydrogen (secondary N) is 3. The molecule has 32 heavy (non-hydrogen) atoms. The Morgan fingerprint density at radius 3 is 2.56 bits per heavy atom. The fourth-order valence-corrected chi connectivity index (χ4v) is 2.98. The van der Waals surface area contributed by atoms with Gasteiger partial charge >= 0.3 is 0 Å². The van der Waals surface area contributed by atoms with E-state index in [9.17, 15) is 4.79 Å². The molecule has 0 aliphatic carbocycles. The molecule has 7 heteroatoms. The summed E-state index contributed by atoms with van der Waals surface area (Å²) in [5, 5.41) is 11.1. The highest BCUT2D eigenvalue weighted by atomic mass is 35.5. The van der Waals surface area contributed by atoms with Crippen LogP contribution in [0.15, 0.2) is 59.7 Å². The van der Waals surface area contributed by atoms with Gasteiger partial charge in [-0.25, -0.2) is 0 Å². The monoisotopic (exact) mass is 456 g/mol. The van der Waals surface area contributed by atoms with Crippen molar-refractivity contribution in [2.45, 2.75) is 40.8 Å². The van der Waals surface area contributed by atoms with Crippen LogP contribution >= 0.6 is 11.6 Å². The lowest BCUT2D eigenvalue weighted by Gasteiger charge is -2.14. The second kappa shape index (κ2) is 13.6. The summed E-state index contributed by atoms with van der Waals surface area (Å²) in [6, 6.07) is 13.0. The molecule has 3 N–H and O–H groups in total. The van der Waals surface area contributed by atoms with E-state index in [1.165, 1.54) is 0 Å². The van der Waals surface area contributed by atoms with Gasteiger partial charge in [-0.05, 0) is 61.4 Å². The molecule has 1 amide bonds. The molecule has 0 saturated carbocycles.